The minimum atomic E-state index is -1.40. The molecular weight excluding hydrogens is 476 g/mol. The van der Waals surface area contributed by atoms with Gasteiger partial charge in [-0.05, 0) is 57.0 Å². The third-order valence-corrected chi connectivity index (χ3v) is 5.18. The molecule has 2 aromatic rings. The van der Waals surface area contributed by atoms with Crippen molar-refractivity contribution in [2.45, 2.75) is 51.8 Å². The first-order chi connectivity index (χ1) is 17.3. The summed E-state index contributed by atoms with van der Waals surface area (Å²) >= 11 is 0. The number of carbonyl (C=O) groups is 4. The van der Waals surface area contributed by atoms with Crippen LogP contribution in [-0.2, 0) is 19.1 Å². The number of phenolic OH excluding ortho intramolecular Hbond substituents is 1. The standard InChI is InChI=1S/C27H34N4O6/c1-6-15-31(25(35)21(16-22(28)33)30-26(36)37-27(3,4)5)23(18-11-13-19(32)14-12-18)24(34)29-20-10-8-7-9-17(20)2/h6-14,21,23,32H,1,15-16H2,2-5H3,(H2,28,33)(H,29,34)(H,30,36). The summed E-state index contributed by atoms with van der Waals surface area (Å²) in [5.41, 5.74) is 6.24. The van der Waals surface area contributed by atoms with Gasteiger partial charge in [0.05, 0.1) is 6.42 Å². The number of nitrogens with one attached hydrogen (secondary N) is 2. The summed E-state index contributed by atoms with van der Waals surface area (Å²) in [6.45, 7) is 10.4. The van der Waals surface area contributed by atoms with Gasteiger partial charge in [0, 0.05) is 12.2 Å². The summed E-state index contributed by atoms with van der Waals surface area (Å²) in [5, 5.41) is 15.0. The van der Waals surface area contributed by atoms with Crippen molar-refractivity contribution >= 4 is 29.5 Å². The van der Waals surface area contributed by atoms with Crippen molar-refractivity contribution in [3.05, 3.63) is 72.3 Å². The number of amides is 4. The van der Waals surface area contributed by atoms with Gasteiger partial charge in [0.15, 0.2) is 0 Å². The summed E-state index contributed by atoms with van der Waals surface area (Å²) in [7, 11) is 0. The van der Waals surface area contributed by atoms with Crippen molar-refractivity contribution in [1.29, 1.82) is 0 Å². The van der Waals surface area contributed by atoms with E-state index < -0.39 is 47.9 Å². The van der Waals surface area contributed by atoms with Crippen LogP contribution < -0.4 is 16.4 Å². The summed E-state index contributed by atoms with van der Waals surface area (Å²) < 4.78 is 5.24. The first kappa shape index (κ1) is 28.9. The Balaban J connectivity index is 2.51. The van der Waals surface area contributed by atoms with Crippen LogP contribution >= 0.6 is 0 Å². The molecule has 37 heavy (non-hydrogen) atoms. The molecule has 5 N–H and O–H groups in total. The van der Waals surface area contributed by atoms with Gasteiger partial charge in [-0.3, -0.25) is 14.4 Å². The highest BCUT2D eigenvalue weighted by molar-refractivity contribution is 6.00. The summed E-state index contributed by atoms with van der Waals surface area (Å²) in [4.78, 5) is 52.8. The highest BCUT2D eigenvalue weighted by Gasteiger charge is 2.36. The number of nitrogens with zero attached hydrogens (tertiary/aromatic N) is 1. The smallest absolute Gasteiger partial charge is 0.408 e. The number of hydrogen-bond acceptors (Lipinski definition) is 6. The number of carbonyl (C=O) groups excluding carboxylic acids is 4. The van der Waals surface area contributed by atoms with Crippen molar-refractivity contribution in [1.82, 2.24) is 10.2 Å². The fraction of sp³-hybridized carbons (Fsp3) is 0.333. The number of aryl methyl sites for hydroxylation is 1. The van der Waals surface area contributed by atoms with Gasteiger partial charge >= 0.3 is 6.09 Å². The number of primary amides is 1. The predicted molar refractivity (Wildman–Crippen MR) is 140 cm³/mol. The van der Waals surface area contributed by atoms with E-state index in [1.807, 2.05) is 19.1 Å². The van der Waals surface area contributed by atoms with Crippen molar-refractivity contribution in [3.63, 3.8) is 0 Å². The lowest BCUT2D eigenvalue weighted by atomic mass is 10.0. The number of nitrogens with two attached hydrogens (primary N) is 1. The Morgan fingerprint density at radius 3 is 2.27 bits per heavy atom. The molecule has 4 amide bonds. The van der Waals surface area contributed by atoms with Gasteiger partial charge < -0.3 is 31.1 Å². The summed E-state index contributed by atoms with van der Waals surface area (Å²) in [6, 6.07) is 10.3. The van der Waals surface area contributed by atoms with Crippen molar-refractivity contribution in [2.24, 2.45) is 5.73 Å². The third-order valence-electron chi connectivity index (χ3n) is 5.18. The highest BCUT2D eigenvalue weighted by atomic mass is 16.6. The van der Waals surface area contributed by atoms with E-state index in [4.69, 9.17) is 10.5 Å². The molecule has 0 radical (unpaired) electrons. The highest BCUT2D eigenvalue weighted by Crippen LogP contribution is 2.27. The van der Waals surface area contributed by atoms with E-state index in [0.29, 0.717) is 11.3 Å². The third kappa shape index (κ3) is 8.68. The number of alkyl carbamates (subject to hydrolysis) is 1. The van der Waals surface area contributed by atoms with Gasteiger partial charge in [0.25, 0.3) is 5.91 Å². The molecule has 198 valence electrons. The molecule has 10 heteroatoms. The second-order valence-electron chi connectivity index (χ2n) is 9.45. The molecular formula is C27H34N4O6. The van der Waals surface area contributed by atoms with Gasteiger partial charge in [0.1, 0.15) is 23.4 Å². The molecule has 0 fully saturated rings. The van der Waals surface area contributed by atoms with Gasteiger partial charge in [-0.1, -0.05) is 36.4 Å². The second-order valence-corrected chi connectivity index (χ2v) is 9.45. The second kappa shape index (κ2) is 12.6. The zero-order chi connectivity index (χ0) is 27.8. The molecule has 0 saturated heterocycles. The average Bonchev–Trinajstić information content (AvgIpc) is 2.79. The van der Waals surface area contributed by atoms with Crippen molar-refractivity contribution < 1.29 is 29.0 Å². The van der Waals surface area contributed by atoms with Gasteiger partial charge in [-0.15, -0.1) is 6.58 Å². The van der Waals surface area contributed by atoms with E-state index in [9.17, 15) is 24.3 Å². The normalized spacial score (nSPS) is 12.5. The number of benzene rings is 2. The Morgan fingerprint density at radius 1 is 1.11 bits per heavy atom. The number of rotatable bonds is 10. The predicted octanol–water partition coefficient (Wildman–Crippen LogP) is 3.16. The molecule has 0 saturated carbocycles. The maximum Gasteiger partial charge on any atom is 0.408 e. The Bertz CT molecular complexity index is 1140. The Labute approximate surface area is 216 Å². The zero-order valence-electron chi connectivity index (χ0n) is 21.5. The topological polar surface area (TPSA) is 151 Å². The fourth-order valence-corrected chi connectivity index (χ4v) is 3.56. The van der Waals surface area contributed by atoms with Crippen LogP contribution in [0.25, 0.3) is 0 Å². The van der Waals surface area contributed by atoms with Crippen LogP contribution in [0.3, 0.4) is 0 Å². The van der Waals surface area contributed by atoms with Crippen molar-refractivity contribution in [2.75, 3.05) is 11.9 Å². The lowest BCUT2D eigenvalue weighted by Crippen LogP contribution is -2.53. The molecule has 2 rings (SSSR count). The van der Waals surface area contributed by atoms with E-state index in [0.717, 1.165) is 5.56 Å². The minimum absolute atomic E-state index is 0.0263. The van der Waals surface area contributed by atoms with Crippen LogP contribution in [-0.4, -0.2) is 52.0 Å². The quantitative estimate of drug-likeness (QED) is 0.361. The molecule has 0 spiro atoms. The number of ether oxygens (including phenoxy) is 1. The van der Waals surface area contributed by atoms with Crippen LogP contribution in [0.2, 0.25) is 0 Å². The molecule has 0 heterocycles. The molecule has 2 atom stereocenters. The van der Waals surface area contributed by atoms with Gasteiger partial charge in [-0.25, -0.2) is 4.79 Å². The van der Waals surface area contributed by atoms with E-state index in [1.165, 1.54) is 35.2 Å². The Morgan fingerprint density at radius 2 is 1.73 bits per heavy atom. The maximum absolute atomic E-state index is 13.7. The van der Waals surface area contributed by atoms with E-state index >= 15 is 0 Å². The van der Waals surface area contributed by atoms with Crippen LogP contribution in [0.1, 0.15) is 44.4 Å². The lowest BCUT2D eigenvalue weighted by molar-refractivity contribution is -0.141. The average molecular weight is 511 g/mol. The van der Waals surface area contributed by atoms with Gasteiger partial charge in [-0.2, -0.15) is 0 Å². The molecule has 0 aliphatic rings. The SMILES string of the molecule is C=CCN(C(=O)C(CC(N)=O)NC(=O)OC(C)(C)C)C(C(=O)Nc1ccccc1C)c1ccc(O)cc1. The number of hydrogen-bond donors (Lipinski definition) is 4. The zero-order valence-corrected chi connectivity index (χ0v) is 21.5. The summed E-state index contributed by atoms with van der Waals surface area (Å²) in [5.74, 6) is -2.16. The molecule has 2 unspecified atom stereocenters. The van der Waals surface area contributed by atoms with Crippen LogP contribution in [0, 0.1) is 6.92 Å². The van der Waals surface area contributed by atoms with Crippen LogP contribution in [0.15, 0.2) is 61.2 Å². The van der Waals surface area contributed by atoms with Crippen LogP contribution in [0.4, 0.5) is 10.5 Å². The Hall–Kier alpha value is -4.34. The first-order valence-electron chi connectivity index (χ1n) is 11.7. The van der Waals surface area contributed by atoms with Crippen molar-refractivity contribution in [3.8, 4) is 5.75 Å². The molecule has 0 aromatic heterocycles. The maximum atomic E-state index is 13.7. The first-order valence-corrected chi connectivity index (χ1v) is 11.7. The number of aromatic hydroxyl groups is 1. The molecule has 10 nitrogen and oxygen atoms in total. The van der Waals surface area contributed by atoms with E-state index in [2.05, 4.69) is 17.2 Å². The summed E-state index contributed by atoms with van der Waals surface area (Å²) in [6.07, 6.45) is -0.0228. The number of phenols is 1. The van der Waals surface area contributed by atoms with E-state index in [1.54, 1.807) is 32.9 Å². The van der Waals surface area contributed by atoms with Gasteiger partial charge in [0.2, 0.25) is 11.8 Å². The fourth-order valence-electron chi connectivity index (χ4n) is 3.56. The van der Waals surface area contributed by atoms with Crippen LogP contribution in [0.5, 0.6) is 5.75 Å². The molecule has 0 bridgehead atoms. The number of anilines is 1. The largest absolute Gasteiger partial charge is 0.508 e. The molecule has 0 aliphatic carbocycles. The molecule has 2 aromatic carbocycles. The minimum Gasteiger partial charge on any atom is -0.508 e. The molecule has 0 aliphatic heterocycles. The van der Waals surface area contributed by atoms with E-state index in [-0.39, 0.29) is 12.3 Å². The Kier molecular flexibility index (Phi) is 9.82. The monoisotopic (exact) mass is 510 g/mol. The number of para-hydroxylation sites is 1. The lowest BCUT2D eigenvalue weighted by Gasteiger charge is -2.33.